The number of carbonyl (C=O) groups is 7. The van der Waals surface area contributed by atoms with E-state index in [1.807, 2.05) is 24.3 Å². The van der Waals surface area contributed by atoms with Gasteiger partial charge in [-0.3, -0.25) is 28.8 Å². The standard InChI is InChI=1S/C35H42FN5O9/c1-18(2)30(40-32(47)25(9-6-10-27(43)44)39-33(48)26-15-20-7-4-5-8-24(20)38-26)35(50)41-14-13-22-23(12-11-19(3)29(22)36)31(41)34(49)37-21(17-42)16-28(45)46/h4-5,7-8,11-12,17-18,21,25-26,30-31,38H,6,9-10,13-16H2,1-3H3,(H,37,49)(H,39,48)(H,40,47)(H,43,44)(H,45,46)/t21-,25-,26-,30-,31?/m0/s1. The molecule has 2 aromatic carbocycles. The van der Waals surface area contributed by atoms with Gasteiger partial charge in [0.15, 0.2) is 0 Å². The molecule has 50 heavy (non-hydrogen) atoms. The second-order valence-corrected chi connectivity index (χ2v) is 12.9. The van der Waals surface area contributed by atoms with Crippen molar-refractivity contribution in [1.29, 1.82) is 0 Å². The van der Waals surface area contributed by atoms with Gasteiger partial charge < -0.3 is 41.2 Å². The van der Waals surface area contributed by atoms with Crippen LogP contribution in [0.5, 0.6) is 0 Å². The van der Waals surface area contributed by atoms with E-state index in [1.165, 1.54) is 12.1 Å². The Balaban J connectivity index is 1.58. The van der Waals surface area contributed by atoms with Gasteiger partial charge in [-0.25, -0.2) is 4.39 Å². The molecule has 2 aromatic rings. The highest BCUT2D eigenvalue weighted by Gasteiger charge is 2.42. The van der Waals surface area contributed by atoms with Crippen LogP contribution in [0.25, 0.3) is 0 Å². The minimum atomic E-state index is -1.46. The van der Waals surface area contributed by atoms with Gasteiger partial charge in [-0.1, -0.05) is 44.2 Å². The van der Waals surface area contributed by atoms with Gasteiger partial charge in [-0.05, 0) is 60.4 Å². The average Bonchev–Trinajstić information content (AvgIpc) is 3.51. The fraction of sp³-hybridized carbons (Fsp3) is 0.457. The number of nitrogens with one attached hydrogen (secondary N) is 4. The summed E-state index contributed by atoms with van der Waals surface area (Å²) < 4.78 is 15.2. The van der Waals surface area contributed by atoms with Gasteiger partial charge in [0.1, 0.15) is 36.3 Å². The van der Waals surface area contributed by atoms with Crippen molar-refractivity contribution >= 4 is 47.5 Å². The summed E-state index contributed by atoms with van der Waals surface area (Å²) >= 11 is 0. The van der Waals surface area contributed by atoms with Gasteiger partial charge in [0.25, 0.3) is 0 Å². The second kappa shape index (κ2) is 16.4. The number of carboxylic acids is 2. The number of benzene rings is 2. The number of aldehydes is 1. The SMILES string of the molecule is Cc1ccc2c(c1F)CCN(C(=O)[C@@H](NC(=O)[C@H](CCCC(=O)O)NC(=O)[C@@H]1Cc3ccccc3N1)C(C)C)C2C(=O)N[C@H](C=O)CC(=O)O. The molecule has 2 heterocycles. The third-order valence-corrected chi connectivity index (χ3v) is 8.93. The molecular weight excluding hydrogens is 653 g/mol. The fourth-order valence-corrected chi connectivity index (χ4v) is 6.30. The lowest BCUT2D eigenvalue weighted by molar-refractivity contribution is -0.146. The van der Waals surface area contributed by atoms with Crippen molar-refractivity contribution in [1.82, 2.24) is 20.9 Å². The third kappa shape index (κ3) is 8.81. The van der Waals surface area contributed by atoms with Gasteiger partial charge in [0, 0.05) is 25.1 Å². The van der Waals surface area contributed by atoms with Gasteiger partial charge >= 0.3 is 11.9 Å². The average molecular weight is 696 g/mol. The van der Waals surface area contributed by atoms with Crippen molar-refractivity contribution in [3.63, 3.8) is 0 Å². The summed E-state index contributed by atoms with van der Waals surface area (Å²) in [5.74, 6) is -6.38. The highest BCUT2D eigenvalue weighted by molar-refractivity contribution is 5.97. The first kappa shape index (κ1) is 37.5. The Bertz CT molecular complexity index is 1640. The normalized spacial score (nSPS) is 18.1. The molecule has 6 N–H and O–H groups in total. The minimum absolute atomic E-state index is 0.0357. The molecule has 0 radical (unpaired) electrons. The number of carboxylic acid groups (broad SMARTS) is 2. The van der Waals surface area contributed by atoms with Crippen LogP contribution < -0.4 is 21.3 Å². The molecule has 5 atom stereocenters. The Hall–Kier alpha value is -5.34. The smallest absolute Gasteiger partial charge is 0.305 e. The number of amides is 4. The maximum Gasteiger partial charge on any atom is 0.305 e. The number of hydrogen-bond acceptors (Lipinski definition) is 8. The van der Waals surface area contributed by atoms with Crippen molar-refractivity contribution < 1.29 is 48.2 Å². The van der Waals surface area contributed by atoms with Crippen LogP contribution in [0.2, 0.25) is 0 Å². The number of aliphatic carboxylic acids is 2. The molecule has 0 spiro atoms. The Morgan fingerprint density at radius 3 is 2.36 bits per heavy atom. The summed E-state index contributed by atoms with van der Waals surface area (Å²) in [6.07, 6.45) is -0.301. The number of rotatable bonds is 15. The van der Waals surface area contributed by atoms with Crippen LogP contribution in [0.1, 0.15) is 67.8 Å². The molecule has 2 aliphatic rings. The van der Waals surface area contributed by atoms with E-state index in [2.05, 4.69) is 21.3 Å². The van der Waals surface area contributed by atoms with Crippen LogP contribution >= 0.6 is 0 Å². The number of aryl methyl sites for hydroxylation is 1. The van der Waals surface area contributed by atoms with Gasteiger partial charge in [0.2, 0.25) is 23.6 Å². The highest BCUT2D eigenvalue weighted by Crippen LogP contribution is 2.34. The molecule has 0 fully saturated rings. The molecule has 1 unspecified atom stereocenters. The molecule has 0 saturated heterocycles. The maximum absolute atomic E-state index is 15.2. The van der Waals surface area contributed by atoms with Crippen molar-refractivity contribution in [3.8, 4) is 0 Å². The summed E-state index contributed by atoms with van der Waals surface area (Å²) in [5.41, 5.74) is 2.37. The third-order valence-electron chi connectivity index (χ3n) is 8.93. The molecule has 15 heteroatoms. The van der Waals surface area contributed by atoms with E-state index in [-0.39, 0.29) is 49.6 Å². The molecule has 0 aliphatic carbocycles. The van der Waals surface area contributed by atoms with Gasteiger partial charge in [-0.2, -0.15) is 0 Å². The monoisotopic (exact) mass is 695 g/mol. The zero-order chi connectivity index (χ0) is 36.7. The predicted molar refractivity (Wildman–Crippen MR) is 177 cm³/mol. The summed E-state index contributed by atoms with van der Waals surface area (Å²) in [6.45, 7) is 4.73. The summed E-state index contributed by atoms with van der Waals surface area (Å²) in [6, 6.07) is 4.29. The van der Waals surface area contributed by atoms with Crippen LogP contribution in [0.3, 0.4) is 0 Å². The summed E-state index contributed by atoms with van der Waals surface area (Å²) in [4.78, 5) is 90.3. The summed E-state index contributed by atoms with van der Waals surface area (Å²) in [5, 5.41) is 29.2. The molecular formula is C35H42FN5O9. The largest absolute Gasteiger partial charge is 0.481 e. The van der Waals surface area contributed by atoms with E-state index in [4.69, 9.17) is 0 Å². The molecule has 268 valence electrons. The molecule has 0 bridgehead atoms. The first-order valence-corrected chi connectivity index (χ1v) is 16.4. The zero-order valence-corrected chi connectivity index (χ0v) is 28.0. The van der Waals surface area contributed by atoms with Crippen molar-refractivity contribution in [3.05, 3.63) is 64.5 Å². The van der Waals surface area contributed by atoms with Crippen molar-refractivity contribution in [2.45, 2.75) is 89.5 Å². The predicted octanol–water partition coefficient (Wildman–Crippen LogP) is 1.64. The minimum Gasteiger partial charge on any atom is -0.481 e. The number of halogens is 1. The van der Waals surface area contributed by atoms with E-state index < -0.39 is 83.9 Å². The molecule has 4 rings (SSSR count). The van der Waals surface area contributed by atoms with E-state index in [9.17, 15) is 43.8 Å². The molecule has 0 aromatic heterocycles. The number of para-hydroxylation sites is 1. The van der Waals surface area contributed by atoms with Crippen LogP contribution in [-0.4, -0.2) is 87.7 Å². The van der Waals surface area contributed by atoms with Crippen LogP contribution in [0, 0.1) is 18.7 Å². The lowest BCUT2D eigenvalue weighted by Crippen LogP contribution is -2.59. The van der Waals surface area contributed by atoms with E-state index in [0.29, 0.717) is 12.0 Å². The van der Waals surface area contributed by atoms with Crippen LogP contribution in [-0.2, 0) is 46.4 Å². The topological polar surface area (TPSA) is 211 Å². The Morgan fingerprint density at radius 1 is 1.00 bits per heavy atom. The highest BCUT2D eigenvalue weighted by atomic mass is 19.1. The van der Waals surface area contributed by atoms with Crippen molar-refractivity contribution in [2.24, 2.45) is 5.92 Å². The molecule has 0 saturated carbocycles. The number of fused-ring (bicyclic) bond motifs is 2. The first-order valence-electron chi connectivity index (χ1n) is 16.4. The van der Waals surface area contributed by atoms with Crippen LogP contribution in [0.4, 0.5) is 10.1 Å². The number of carbonyl (C=O) groups excluding carboxylic acids is 5. The van der Waals surface area contributed by atoms with Crippen LogP contribution in [0.15, 0.2) is 36.4 Å². The van der Waals surface area contributed by atoms with E-state index in [1.54, 1.807) is 20.8 Å². The zero-order valence-electron chi connectivity index (χ0n) is 28.0. The quantitative estimate of drug-likeness (QED) is 0.148. The lowest BCUT2D eigenvalue weighted by Gasteiger charge is -2.39. The second-order valence-electron chi connectivity index (χ2n) is 12.9. The van der Waals surface area contributed by atoms with Gasteiger partial charge in [0.05, 0.1) is 12.5 Å². The molecule has 14 nitrogen and oxygen atoms in total. The first-order chi connectivity index (χ1) is 23.7. The molecule has 2 aliphatic heterocycles. The maximum atomic E-state index is 15.2. The lowest BCUT2D eigenvalue weighted by atomic mass is 9.88. The van der Waals surface area contributed by atoms with E-state index in [0.717, 1.165) is 16.2 Å². The Kier molecular flexibility index (Phi) is 12.3. The fourth-order valence-electron chi connectivity index (χ4n) is 6.30. The Labute approximate surface area is 288 Å². The number of nitrogens with zero attached hydrogens (tertiary/aromatic N) is 1. The Morgan fingerprint density at radius 2 is 1.72 bits per heavy atom. The number of hydrogen-bond donors (Lipinski definition) is 6. The van der Waals surface area contributed by atoms with Gasteiger partial charge in [-0.15, -0.1) is 0 Å². The van der Waals surface area contributed by atoms with Crippen molar-refractivity contribution in [2.75, 3.05) is 11.9 Å². The van der Waals surface area contributed by atoms with E-state index >= 15 is 4.39 Å². The summed E-state index contributed by atoms with van der Waals surface area (Å²) in [7, 11) is 0. The molecule has 4 amide bonds. The number of anilines is 1.